The number of nitrogens with one attached hydrogen (secondary N) is 1. The van der Waals surface area contributed by atoms with Gasteiger partial charge in [0.2, 0.25) is 5.91 Å². The van der Waals surface area contributed by atoms with Gasteiger partial charge in [0.15, 0.2) is 0 Å². The number of rotatable bonds is 4. The van der Waals surface area contributed by atoms with Crippen LogP contribution in [0.25, 0.3) is 0 Å². The maximum atomic E-state index is 12.4. The summed E-state index contributed by atoms with van der Waals surface area (Å²) in [7, 11) is 1.54. The Labute approximate surface area is 123 Å². The van der Waals surface area contributed by atoms with Crippen molar-refractivity contribution in [1.82, 2.24) is 9.78 Å². The third-order valence-corrected chi connectivity index (χ3v) is 3.27. The predicted octanol–water partition coefficient (Wildman–Crippen LogP) is 2.29. The third-order valence-electron chi connectivity index (χ3n) is 3.27. The van der Waals surface area contributed by atoms with E-state index in [4.69, 9.17) is 10.5 Å². The molecule has 1 atom stereocenters. The van der Waals surface area contributed by atoms with Crippen LogP contribution in [0.1, 0.15) is 24.4 Å². The molecule has 3 N–H and O–H groups in total. The summed E-state index contributed by atoms with van der Waals surface area (Å²) in [5.74, 6) is 0.369. The Morgan fingerprint density at radius 1 is 1.38 bits per heavy atom. The van der Waals surface area contributed by atoms with Gasteiger partial charge >= 0.3 is 0 Å². The Morgan fingerprint density at radius 2 is 2.10 bits per heavy atom. The average molecular weight is 288 g/mol. The van der Waals surface area contributed by atoms with E-state index in [0.29, 0.717) is 17.1 Å². The highest BCUT2D eigenvalue weighted by atomic mass is 16.5. The Balaban J connectivity index is 2.20. The van der Waals surface area contributed by atoms with E-state index in [1.165, 1.54) is 7.11 Å². The highest BCUT2D eigenvalue weighted by Crippen LogP contribution is 2.27. The number of ether oxygens (including phenoxy) is 1. The number of nitrogens with two attached hydrogens (primary N) is 1. The van der Waals surface area contributed by atoms with Crippen molar-refractivity contribution in [3.63, 3.8) is 0 Å². The minimum absolute atomic E-state index is 0.163. The Morgan fingerprint density at radius 3 is 2.67 bits per heavy atom. The zero-order valence-electron chi connectivity index (χ0n) is 12.7. The van der Waals surface area contributed by atoms with Gasteiger partial charge in [0.1, 0.15) is 11.8 Å². The molecule has 0 spiro atoms. The zero-order chi connectivity index (χ0) is 15.6. The number of carbonyl (C=O) groups excluding carboxylic acids is 1. The minimum atomic E-state index is -0.416. The van der Waals surface area contributed by atoms with E-state index in [9.17, 15) is 4.79 Å². The second-order valence-corrected chi connectivity index (χ2v) is 5.00. The summed E-state index contributed by atoms with van der Waals surface area (Å²) in [6, 6.07) is 6.63. The predicted molar refractivity (Wildman–Crippen MR) is 82.4 cm³/mol. The molecular weight excluding hydrogens is 268 g/mol. The topological polar surface area (TPSA) is 82.2 Å². The molecule has 2 rings (SSSR count). The van der Waals surface area contributed by atoms with E-state index in [2.05, 4.69) is 10.4 Å². The molecule has 1 amide bonds. The van der Waals surface area contributed by atoms with Gasteiger partial charge in [-0.05, 0) is 39.0 Å². The fourth-order valence-electron chi connectivity index (χ4n) is 2.20. The van der Waals surface area contributed by atoms with Crippen LogP contribution in [0.4, 0.5) is 11.4 Å². The van der Waals surface area contributed by atoms with Crippen LogP contribution < -0.4 is 15.8 Å². The highest BCUT2D eigenvalue weighted by Gasteiger charge is 2.19. The molecule has 21 heavy (non-hydrogen) atoms. The molecule has 1 unspecified atom stereocenters. The number of nitrogens with zero attached hydrogens (tertiary/aromatic N) is 2. The minimum Gasteiger partial charge on any atom is -0.494 e. The van der Waals surface area contributed by atoms with Crippen molar-refractivity contribution in [3.8, 4) is 5.75 Å². The molecule has 2 aromatic rings. The summed E-state index contributed by atoms with van der Waals surface area (Å²) in [4.78, 5) is 12.4. The number of hydrogen-bond acceptors (Lipinski definition) is 4. The number of methoxy groups -OCH3 is 1. The van der Waals surface area contributed by atoms with Crippen LogP contribution in [0.5, 0.6) is 5.75 Å². The number of carbonyl (C=O) groups is 1. The molecule has 0 aliphatic heterocycles. The van der Waals surface area contributed by atoms with E-state index in [1.807, 2.05) is 19.9 Å². The van der Waals surface area contributed by atoms with Crippen LogP contribution in [0.3, 0.4) is 0 Å². The molecule has 0 aliphatic carbocycles. The molecule has 1 aromatic heterocycles. The average Bonchev–Trinajstić information content (AvgIpc) is 2.78. The van der Waals surface area contributed by atoms with Crippen molar-refractivity contribution in [1.29, 1.82) is 0 Å². The lowest BCUT2D eigenvalue weighted by Gasteiger charge is -2.16. The first-order valence-corrected chi connectivity index (χ1v) is 6.69. The summed E-state index contributed by atoms with van der Waals surface area (Å²) in [5.41, 5.74) is 8.70. The van der Waals surface area contributed by atoms with Gasteiger partial charge in [-0.1, -0.05) is 0 Å². The summed E-state index contributed by atoms with van der Waals surface area (Å²) in [6.07, 6.45) is 0. The van der Waals surface area contributed by atoms with E-state index in [-0.39, 0.29) is 5.91 Å². The highest BCUT2D eigenvalue weighted by molar-refractivity contribution is 5.95. The SMILES string of the molecule is COc1cc(N)ccc1NC(=O)C(C)n1nc(C)cc1C. The lowest BCUT2D eigenvalue weighted by Crippen LogP contribution is -2.25. The Bertz CT molecular complexity index is 664. The molecule has 1 heterocycles. The molecule has 0 aliphatic rings. The molecule has 6 heteroatoms. The van der Waals surface area contributed by atoms with Gasteiger partial charge in [-0.15, -0.1) is 0 Å². The number of benzene rings is 1. The first-order chi connectivity index (χ1) is 9.92. The number of amides is 1. The Kier molecular flexibility index (Phi) is 4.16. The second-order valence-electron chi connectivity index (χ2n) is 5.00. The molecule has 0 saturated carbocycles. The molecule has 6 nitrogen and oxygen atoms in total. The molecule has 0 radical (unpaired) electrons. The number of hydrogen-bond donors (Lipinski definition) is 2. The first-order valence-electron chi connectivity index (χ1n) is 6.69. The van der Waals surface area contributed by atoms with Crippen molar-refractivity contribution in [2.24, 2.45) is 0 Å². The van der Waals surface area contributed by atoms with Crippen LogP contribution >= 0.6 is 0 Å². The fraction of sp³-hybridized carbons (Fsp3) is 0.333. The second kappa shape index (κ2) is 5.87. The molecule has 112 valence electrons. The fourth-order valence-corrected chi connectivity index (χ4v) is 2.20. The molecule has 0 bridgehead atoms. The lowest BCUT2D eigenvalue weighted by molar-refractivity contribution is -0.119. The normalized spacial score (nSPS) is 12.0. The van der Waals surface area contributed by atoms with Gasteiger partial charge in [-0.25, -0.2) is 0 Å². The van der Waals surface area contributed by atoms with E-state index < -0.39 is 6.04 Å². The van der Waals surface area contributed by atoms with Crippen molar-refractivity contribution >= 4 is 17.3 Å². The van der Waals surface area contributed by atoms with Crippen molar-refractivity contribution in [3.05, 3.63) is 35.7 Å². The Hall–Kier alpha value is -2.50. The van der Waals surface area contributed by atoms with E-state index in [1.54, 1.807) is 29.8 Å². The van der Waals surface area contributed by atoms with Gasteiger partial charge in [0, 0.05) is 17.4 Å². The monoisotopic (exact) mass is 288 g/mol. The standard InChI is InChI=1S/C15H20N4O2/c1-9-7-10(2)19(18-9)11(3)15(20)17-13-6-5-12(16)8-14(13)21-4/h5-8,11H,16H2,1-4H3,(H,17,20). The molecule has 1 aromatic carbocycles. The van der Waals surface area contributed by atoms with E-state index >= 15 is 0 Å². The largest absolute Gasteiger partial charge is 0.494 e. The van der Waals surface area contributed by atoms with Crippen molar-refractivity contribution in [2.75, 3.05) is 18.2 Å². The van der Waals surface area contributed by atoms with Gasteiger partial charge in [0.25, 0.3) is 0 Å². The van der Waals surface area contributed by atoms with Crippen LogP contribution in [0.2, 0.25) is 0 Å². The quantitative estimate of drug-likeness (QED) is 0.846. The van der Waals surface area contributed by atoms with Gasteiger partial charge in [-0.3, -0.25) is 9.48 Å². The lowest BCUT2D eigenvalue weighted by atomic mass is 10.2. The summed E-state index contributed by atoms with van der Waals surface area (Å²) in [6.45, 7) is 5.63. The van der Waals surface area contributed by atoms with Crippen LogP contribution in [-0.4, -0.2) is 22.8 Å². The molecule has 0 fully saturated rings. The number of aromatic nitrogens is 2. The van der Waals surface area contributed by atoms with Gasteiger partial charge in [-0.2, -0.15) is 5.10 Å². The first kappa shape index (κ1) is 14.9. The van der Waals surface area contributed by atoms with Crippen molar-refractivity contribution < 1.29 is 9.53 Å². The van der Waals surface area contributed by atoms with Crippen LogP contribution in [-0.2, 0) is 4.79 Å². The van der Waals surface area contributed by atoms with E-state index in [0.717, 1.165) is 11.4 Å². The maximum Gasteiger partial charge on any atom is 0.249 e. The number of anilines is 2. The van der Waals surface area contributed by atoms with Crippen LogP contribution in [0, 0.1) is 13.8 Å². The maximum absolute atomic E-state index is 12.4. The van der Waals surface area contributed by atoms with Crippen molar-refractivity contribution in [2.45, 2.75) is 26.8 Å². The van der Waals surface area contributed by atoms with Gasteiger partial charge in [0.05, 0.1) is 18.5 Å². The third kappa shape index (κ3) is 3.16. The number of aryl methyl sites for hydroxylation is 2. The van der Waals surface area contributed by atoms with Crippen LogP contribution in [0.15, 0.2) is 24.3 Å². The summed E-state index contributed by atoms with van der Waals surface area (Å²) < 4.78 is 6.93. The molecule has 0 saturated heterocycles. The summed E-state index contributed by atoms with van der Waals surface area (Å²) in [5, 5.41) is 7.18. The molecular formula is C15H20N4O2. The van der Waals surface area contributed by atoms with Gasteiger partial charge < -0.3 is 15.8 Å². The number of nitrogen functional groups attached to an aromatic ring is 1. The summed E-state index contributed by atoms with van der Waals surface area (Å²) >= 11 is 0. The smallest absolute Gasteiger partial charge is 0.249 e. The zero-order valence-corrected chi connectivity index (χ0v) is 12.7.